The molecule has 0 rings (SSSR count). The van der Waals surface area contributed by atoms with Gasteiger partial charge in [0.1, 0.15) is 0 Å². The summed E-state index contributed by atoms with van der Waals surface area (Å²) in [7, 11) is -1.80. The van der Waals surface area contributed by atoms with Crippen LogP contribution in [-0.2, 0) is 4.43 Å². The van der Waals surface area contributed by atoms with Crippen LogP contribution in [0.4, 0.5) is 4.79 Å². The van der Waals surface area contributed by atoms with Gasteiger partial charge in [-0.1, -0.05) is 26.7 Å². The molecule has 0 saturated heterocycles. The maximum absolute atomic E-state index is 10.8. The fourth-order valence-corrected chi connectivity index (χ4v) is 2.01. The van der Waals surface area contributed by atoms with Crippen molar-refractivity contribution in [2.24, 2.45) is 0 Å². The number of terminal acetylenes is 1. The molecule has 0 aromatic carbocycles. The van der Waals surface area contributed by atoms with Gasteiger partial charge in [0, 0.05) is 6.54 Å². The Morgan fingerprint density at radius 2 is 2.00 bits per heavy atom. The van der Waals surface area contributed by atoms with Crippen LogP contribution >= 0.6 is 0 Å². The lowest BCUT2D eigenvalue weighted by molar-refractivity contribution is 0.140. The van der Waals surface area contributed by atoms with Gasteiger partial charge in [-0.15, -0.1) is 6.42 Å². The van der Waals surface area contributed by atoms with E-state index in [0.717, 1.165) is 0 Å². The van der Waals surface area contributed by atoms with Crippen LogP contribution in [0.5, 0.6) is 0 Å². The van der Waals surface area contributed by atoms with Gasteiger partial charge in [0.05, 0.1) is 13.2 Å². The molecule has 0 saturated carbocycles. The van der Waals surface area contributed by atoms with Crippen molar-refractivity contribution >= 4 is 14.4 Å². The number of hydrogen-bond donors (Lipinski definition) is 1. The number of amides is 1. The normalized spacial score (nSPS) is 12.0. The minimum Gasteiger partial charge on any atom is -0.465 e. The molecule has 0 fully saturated rings. The molecule has 17 heavy (non-hydrogen) atoms. The summed E-state index contributed by atoms with van der Waals surface area (Å²) in [5.41, 5.74) is 0. The van der Waals surface area contributed by atoms with Crippen molar-refractivity contribution in [1.82, 2.24) is 4.90 Å². The van der Waals surface area contributed by atoms with E-state index in [2.05, 4.69) is 39.8 Å². The van der Waals surface area contributed by atoms with Gasteiger partial charge in [-0.05, 0) is 18.1 Å². The SMILES string of the molecule is C#CCN(CCO[Si](C)(C)C(C)(C)C)C(=O)O. The first-order chi connectivity index (χ1) is 7.62. The summed E-state index contributed by atoms with van der Waals surface area (Å²) in [6.07, 6.45) is 4.11. The van der Waals surface area contributed by atoms with E-state index in [0.29, 0.717) is 13.2 Å². The highest BCUT2D eigenvalue weighted by Gasteiger charge is 2.37. The predicted octanol–water partition coefficient (Wildman–Crippen LogP) is 2.62. The van der Waals surface area contributed by atoms with Crippen LogP contribution in [0.15, 0.2) is 0 Å². The zero-order chi connectivity index (χ0) is 13.7. The number of carboxylic acid groups (broad SMARTS) is 1. The third-order valence-electron chi connectivity index (χ3n) is 3.18. The Hall–Kier alpha value is -0.993. The van der Waals surface area contributed by atoms with Crippen LogP contribution in [0, 0.1) is 12.3 Å². The molecular weight excluding hydrogens is 234 g/mol. The fraction of sp³-hybridized carbons (Fsp3) is 0.750. The summed E-state index contributed by atoms with van der Waals surface area (Å²) in [5.74, 6) is 2.33. The van der Waals surface area contributed by atoms with Crippen LogP contribution in [0.25, 0.3) is 0 Å². The van der Waals surface area contributed by atoms with E-state index in [1.54, 1.807) is 0 Å². The molecule has 0 radical (unpaired) electrons. The molecule has 5 heteroatoms. The van der Waals surface area contributed by atoms with Crippen LogP contribution in [-0.4, -0.2) is 44.1 Å². The lowest BCUT2D eigenvalue weighted by Crippen LogP contribution is -2.43. The monoisotopic (exact) mass is 257 g/mol. The molecular formula is C12H23NO3Si. The van der Waals surface area contributed by atoms with E-state index in [4.69, 9.17) is 16.0 Å². The van der Waals surface area contributed by atoms with Crippen molar-refractivity contribution in [3.8, 4) is 12.3 Å². The quantitative estimate of drug-likeness (QED) is 0.608. The number of nitrogens with zero attached hydrogens (tertiary/aromatic N) is 1. The smallest absolute Gasteiger partial charge is 0.408 e. The predicted molar refractivity (Wildman–Crippen MR) is 71.6 cm³/mol. The Bertz CT molecular complexity index is 302. The van der Waals surface area contributed by atoms with Gasteiger partial charge in [0.2, 0.25) is 0 Å². The summed E-state index contributed by atoms with van der Waals surface area (Å²) >= 11 is 0. The molecule has 4 nitrogen and oxygen atoms in total. The van der Waals surface area contributed by atoms with Gasteiger partial charge in [-0.2, -0.15) is 0 Å². The molecule has 0 aromatic heterocycles. The van der Waals surface area contributed by atoms with E-state index >= 15 is 0 Å². The largest absolute Gasteiger partial charge is 0.465 e. The number of rotatable bonds is 5. The van der Waals surface area contributed by atoms with E-state index in [-0.39, 0.29) is 11.6 Å². The highest BCUT2D eigenvalue weighted by atomic mass is 28.4. The van der Waals surface area contributed by atoms with Crippen molar-refractivity contribution in [2.45, 2.75) is 38.9 Å². The Balaban J connectivity index is 4.23. The van der Waals surface area contributed by atoms with Crippen molar-refractivity contribution in [3.63, 3.8) is 0 Å². The molecule has 0 aliphatic rings. The third kappa shape index (κ3) is 5.24. The number of carbonyl (C=O) groups is 1. The minimum atomic E-state index is -1.80. The average Bonchev–Trinajstić information content (AvgIpc) is 2.14. The second kappa shape index (κ2) is 6.08. The van der Waals surface area contributed by atoms with Gasteiger partial charge < -0.3 is 9.53 Å². The first kappa shape index (κ1) is 16.0. The Morgan fingerprint density at radius 3 is 2.35 bits per heavy atom. The first-order valence-corrected chi connectivity index (χ1v) is 8.58. The Morgan fingerprint density at radius 1 is 1.47 bits per heavy atom. The lowest BCUT2D eigenvalue weighted by Gasteiger charge is -2.36. The Labute approximate surface area is 105 Å². The summed E-state index contributed by atoms with van der Waals surface area (Å²) in [5, 5.41) is 9.01. The van der Waals surface area contributed by atoms with E-state index in [1.807, 2.05) is 0 Å². The molecule has 0 aliphatic heterocycles. The summed E-state index contributed by atoms with van der Waals surface area (Å²) in [4.78, 5) is 12.0. The van der Waals surface area contributed by atoms with Gasteiger partial charge in [0.25, 0.3) is 0 Å². The van der Waals surface area contributed by atoms with Crippen molar-refractivity contribution in [3.05, 3.63) is 0 Å². The molecule has 98 valence electrons. The van der Waals surface area contributed by atoms with Crippen molar-refractivity contribution in [1.29, 1.82) is 0 Å². The lowest BCUT2D eigenvalue weighted by atomic mass is 10.2. The molecule has 0 bridgehead atoms. The van der Waals surface area contributed by atoms with Crippen LogP contribution in [0.3, 0.4) is 0 Å². The Kier molecular flexibility index (Phi) is 5.72. The highest BCUT2D eigenvalue weighted by molar-refractivity contribution is 6.74. The van der Waals surface area contributed by atoms with E-state index in [9.17, 15) is 4.79 Å². The second-order valence-electron chi connectivity index (χ2n) is 5.52. The zero-order valence-corrected chi connectivity index (χ0v) is 12.4. The van der Waals surface area contributed by atoms with Gasteiger partial charge in [0.15, 0.2) is 8.32 Å². The van der Waals surface area contributed by atoms with Crippen LogP contribution in [0.1, 0.15) is 20.8 Å². The van der Waals surface area contributed by atoms with E-state index in [1.165, 1.54) is 4.90 Å². The van der Waals surface area contributed by atoms with Gasteiger partial charge >= 0.3 is 6.09 Å². The van der Waals surface area contributed by atoms with Gasteiger partial charge in [-0.25, -0.2) is 4.79 Å². The molecule has 0 heterocycles. The summed E-state index contributed by atoms with van der Waals surface area (Å²) < 4.78 is 5.89. The maximum Gasteiger partial charge on any atom is 0.408 e. The van der Waals surface area contributed by atoms with E-state index < -0.39 is 14.4 Å². The molecule has 1 amide bonds. The standard InChI is InChI=1S/C12H23NO3Si/c1-7-8-13(11(14)15)9-10-16-17(5,6)12(2,3)4/h1H,8-10H2,2-6H3,(H,14,15). The number of hydrogen-bond acceptors (Lipinski definition) is 2. The average molecular weight is 257 g/mol. The minimum absolute atomic E-state index is 0.107. The molecule has 0 aromatic rings. The second-order valence-corrected chi connectivity index (χ2v) is 10.3. The summed E-state index contributed by atoms with van der Waals surface area (Å²) in [6.45, 7) is 11.6. The molecule has 0 atom stereocenters. The first-order valence-electron chi connectivity index (χ1n) is 5.67. The topological polar surface area (TPSA) is 49.8 Å². The highest BCUT2D eigenvalue weighted by Crippen LogP contribution is 2.36. The van der Waals surface area contributed by atoms with Crippen molar-refractivity contribution in [2.75, 3.05) is 19.7 Å². The zero-order valence-electron chi connectivity index (χ0n) is 11.4. The molecule has 1 N–H and O–H groups in total. The third-order valence-corrected chi connectivity index (χ3v) is 7.72. The maximum atomic E-state index is 10.8. The molecule has 0 unspecified atom stereocenters. The summed E-state index contributed by atoms with van der Waals surface area (Å²) in [6, 6.07) is 0. The van der Waals surface area contributed by atoms with Crippen LogP contribution in [0.2, 0.25) is 18.1 Å². The van der Waals surface area contributed by atoms with Crippen molar-refractivity contribution < 1.29 is 14.3 Å². The van der Waals surface area contributed by atoms with Gasteiger partial charge in [-0.3, -0.25) is 4.90 Å². The van der Waals surface area contributed by atoms with Crippen LogP contribution < -0.4 is 0 Å². The molecule has 0 spiro atoms. The fourth-order valence-electron chi connectivity index (χ4n) is 0.980. The molecule has 0 aliphatic carbocycles.